The average molecular weight is 418 g/mol. The molecule has 0 fully saturated rings. The van der Waals surface area contributed by atoms with Gasteiger partial charge in [0.05, 0.1) is 21.7 Å². The second kappa shape index (κ2) is 9.03. The van der Waals surface area contributed by atoms with E-state index in [1.54, 1.807) is 42.1 Å². The van der Waals surface area contributed by atoms with E-state index in [1.807, 2.05) is 17.7 Å². The fourth-order valence-electron chi connectivity index (χ4n) is 2.67. The van der Waals surface area contributed by atoms with Crippen LogP contribution in [0.1, 0.15) is 17.3 Å². The van der Waals surface area contributed by atoms with Gasteiger partial charge in [-0.25, -0.2) is 0 Å². The maximum Gasteiger partial charge on any atom is 0.279 e. The number of thiazole rings is 1. The summed E-state index contributed by atoms with van der Waals surface area (Å²) in [6.07, 6.45) is 2.00. The van der Waals surface area contributed by atoms with Gasteiger partial charge < -0.3 is 9.30 Å². The van der Waals surface area contributed by atoms with Gasteiger partial charge in [0.2, 0.25) is 0 Å². The highest BCUT2D eigenvalue weighted by Crippen LogP contribution is 2.23. The number of nitro groups is 1. The molecule has 0 N–H and O–H groups in total. The van der Waals surface area contributed by atoms with Crippen LogP contribution in [0.5, 0.6) is 5.75 Å². The van der Waals surface area contributed by atoms with Crippen molar-refractivity contribution in [3.05, 3.63) is 62.9 Å². The molecule has 3 rings (SSSR count). The number of aryl methyl sites for hydroxylation is 1. The molecule has 0 radical (unpaired) electrons. The molecule has 1 amide bonds. The van der Waals surface area contributed by atoms with Gasteiger partial charge in [0.25, 0.3) is 11.6 Å². The number of carbonyl (C=O) groups excluding carboxylic acids is 1. The van der Waals surface area contributed by atoms with Crippen LogP contribution in [-0.4, -0.2) is 34.0 Å². The van der Waals surface area contributed by atoms with E-state index in [-0.39, 0.29) is 11.6 Å². The van der Waals surface area contributed by atoms with Crippen LogP contribution in [-0.2, 0) is 6.54 Å². The third-order valence-electron chi connectivity index (χ3n) is 4.01. The number of thioether (sulfide) groups is 1. The Bertz CT molecular complexity index is 1070. The molecule has 1 heterocycles. The molecule has 0 aliphatic rings. The maximum atomic E-state index is 12.6. The summed E-state index contributed by atoms with van der Waals surface area (Å²) in [7, 11) is 0. The molecular weight excluding hydrogens is 398 g/mol. The number of ether oxygens (including phenoxy) is 1. The van der Waals surface area contributed by atoms with Crippen molar-refractivity contribution in [2.45, 2.75) is 13.5 Å². The highest BCUT2D eigenvalue weighted by atomic mass is 32.2. The van der Waals surface area contributed by atoms with Gasteiger partial charge in [0.1, 0.15) is 5.75 Å². The van der Waals surface area contributed by atoms with Gasteiger partial charge in [-0.2, -0.15) is 16.8 Å². The normalized spacial score (nSPS) is 11.7. The van der Waals surface area contributed by atoms with Crippen molar-refractivity contribution in [1.82, 2.24) is 4.57 Å². The number of rotatable bonds is 7. The SMILES string of the molecule is CCOc1ccc(C(=O)N=c2sc3cc([N+](=O)[O-])ccc3n2CCSC)cc1. The van der Waals surface area contributed by atoms with E-state index in [9.17, 15) is 14.9 Å². The number of carbonyl (C=O) groups is 1. The number of benzene rings is 2. The smallest absolute Gasteiger partial charge is 0.279 e. The van der Waals surface area contributed by atoms with Crippen molar-refractivity contribution >= 4 is 44.9 Å². The number of non-ortho nitro benzene ring substituents is 1. The zero-order valence-corrected chi connectivity index (χ0v) is 17.1. The lowest BCUT2D eigenvalue weighted by atomic mass is 10.2. The number of fused-ring (bicyclic) bond motifs is 1. The summed E-state index contributed by atoms with van der Waals surface area (Å²) >= 11 is 2.96. The van der Waals surface area contributed by atoms with Gasteiger partial charge in [-0.1, -0.05) is 11.3 Å². The van der Waals surface area contributed by atoms with E-state index < -0.39 is 4.92 Å². The number of hydrogen-bond acceptors (Lipinski definition) is 6. The Morgan fingerprint density at radius 2 is 2.04 bits per heavy atom. The number of nitro benzene ring substituents is 1. The van der Waals surface area contributed by atoms with E-state index in [0.29, 0.717) is 29.3 Å². The Morgan fingerprint density at radius 3 is 2.68 bits per heavy atom. The Labute approximate surface area is 169 Å². The highest BCUT2D eigenvalue weighted by molar-refractivity contribution is 7.98. The molecule has 0 spiro atoms. The highest BCUT2D eigenvalue weighted by Gasteiger charge is 2.13. The minimum atomic E-state index is -0.423. The minimum Gasteiger partial charge on any atom is -0.494 e. The van der Waals surface area contributed by atoms with Crippen molar-refractivity contribution < 1.29 is 14.5 Å². The van der Waals surface area contributed by atoms with Crippen LogP contribution < -0.4 is 9.54 Å². The van der Waals surface area contributed by atoms with E-state index >= 15 is 0 Å². The van der Waals surface area contributed by atoms with Gasteiger partial charge in [-0.05, 0) is 43.5 Å². The molecule has 0 atom stereocenters. The van der Waals surface area contributed by atoms with Crippen molar-refractivity contribution in [2.75, 3.05) is 18.6 Å². The fourth-order valence-corrected chi connectivity index (χ4v) is 4.12. The van der Waals surface area contributed by atoms with Crippen LogP contribution in [0.4, 0.5) is 5.69 Å². The second-order valence-corrected chi connectivity index (χ2v) is 7.81. The molecule has 2 aromatic carbocycles. The first-order valence-electron chi connectivity index (χ1n) is 8.62. The van der Waals surface area contributed by atoms with Crippen molar-refractivity contribution in [3.8, 4) is 5.75 Å². The lowest BCUT2D eigenvalue weighted by molar-refractivity contribution is -0.384. The number of hydrogen-bond donors (Lipinski definition) is 0. The first kappa shape index (κ1) is 20.1. The molecule has 7 nitrogen and oxygen atoms in total. The molecule has 0 aliphatic heterocycles. The monoisotopic (exact) mass is 417 g/mol. The quantitative estimate of drug-likeness (QED) is 0.426. The third-order valence-corrected chi connectivity index (χ3v) is 5.64. The van der Waals surface area contributed by atoms with Gasteiger partial charge in [-0.3, -0.25) is 14.9 Å². The van der Waals surface area contributed by atoms with Crippen LogP contribution in [0.2, 0.25) is 0 Å². The standard InChI is InChI=1S/C19H19N3O4S2/c1-3-26-15-7-4-13(5-8-15)18(23)20-19-21(10-11-27-2)16-9-6-14(22(24)25)12-17(16)28-19/h4-9,12H,3,10-11H2,1-2H3. The summed E-state index contributed by atoms with van der Waals surface area (Å²) in [5.74, 6) is 1.18. The summed E-state index contributed by atoms with van der Waals surface area (Å²) in [5, 5.41) is 11.1. The summed E-state index contributed by atoms with van der Waals surface area (Å²) < 4.78 is 8.06. The molecule has 0 bridgehead atoms. The number of nitrogens with zero attached hydrogens (tertiary/aromatic N) is 3. The molecule has 146 valence electrons. The van der Waals surface area contributed by atoms with Crippen LogP contribution in [0.3, 0.4) is 0 Å². The van der Waals surface area contributed by atoms with Crippen molar-refractivity contribution in [1.29, 1.82) is 0 Å². The summed E-state index contributed by atoms with van der Waals surface area (Å²) in [5.41, 5.74) is 1.32. The molecule has 1 aromatic heterocycles. The van der Waals surface area contributed by atoms with Gasteiger partial charge in [-0.15, -0.1) is 0 Å². The van der Waals surface area contributed by atoms with Crippen LogP contribution in [0.25, 0.3) is 10.2 Å². The molecule has 0 aliphatic carbocycles. The van der Waals surface area contributed by atoms with Crippen molar-refractivity contribution in [2.24, 2.45) is 4.99 Å². The lowest BCUT2D eigenvalue weighted by Crippen LogP contribution is -2.18. The summed E-state index contributed by atoms with van der Waals surface area (Å²) in [6.45, 7) is 3.11. The van der Waals surface area contributed by atoms with Crippen molar-refractivity contribution in [3.63, 3.8) is 0 Å². The van der Waals surface area contributed by atoms with Crippen LogP contribution >= 0.6 is 23.1 Å². The molecule has 0 saturated heterocycles. The lowest BCUT2D eigenvalue weighted by Gasteiger charge is -2.04. The second-order valence-electron chi connectivity index (χ2n) is 5.81. The first-order valence-corrected chi connectivity index (χ1v) is 10.8. The third kappa shape index (κ3) is 4.42. The maximum absolute atomic E-state index is 12.6. The van der Waals surface area contributed by atoms with Crippen LogP contribution in [0, 0.1) is 10.1 Å². The predicted molar refractivity (Wildman–Crippen MR) is 112 cm³/mol. The first-order chi connectivity index (χ1) is 13.5. The minimum absolute atomic E-state index is 0.0233. The molecule has 0 saturated carbocycles. The zero-order chi connectivity index (χ0) is 20.1. The molecule has 9 heteroatoms. The van der Waals surface area contributed by atoms with E-state index in [0.717, 1.165) is 16.0 Å². The number of amides is 1. The van der Waals surface area contributed by atoms with E-state index in [1.165, 1.54) is 23.5 Å². The van der Waals surface area contributed by atoms with E-state index in [2.05, 4.69) is 4.99 Å². The van der Waals surface area contributed by atoms with Gasteiger partial charge in [0, 0.05) is 30.0 Å². The topological polar surface area (TPSA) is 86.7 Å². The number of aromatic nitrogens is 1. The largest absolute Gasteiger partial charge is 0.494 e. The predicted octanol–water partition coefficient (Wildman–Crippen LogP) is 4.11. The fraction of sp³-hybridized carbons (Fsp3) is 0.263. The Morgan fingerprint density at radius 1 is 1.29 bits per heavy atom. The Balaban J connectivity index is 2.03. The van der Waals surface area contributed by atoms with E-state index in [4.69, 9.17) is 4.74 Å². The molecular formula is C19H19N3O4S2. The molecule has 28 heavy (non-hydrogen) atoms. The molecule has 3 aromatic rings. The summed E-state index contributed by atoms with van der Waals surface area (Å²) in [4.78, 5) is 28.1. The zero-order valence-electron chi connectivity index (χ0n) is 15.5. The van der Waals surface area contributed by atoms with Gasteiger partial charge in [0.15, 0.2) is 4.80 Å². The summed E-state index contributed by atoms with van der Waals surface area (Å²) in [6, 6.07) is 11.6. The van der Waals surface area contributed by atoms with Gasteiger partial charge >= 0.3 is 0 Å². The Hall–Kier alpha value is -2.65. The van der Waals surface area contributed by atoms with Crippen LogP contribution in [0.15, 0.2) is 47.5 Å². The average Bonchev–Trinajstić information content (AvgIpc) is 3.03. The Kier molecular flexibility index (Phi) is 6.48. The molecule has 0 unspecified atom stereocenters.